The lowest BCUT2D eigenvalue weighted by atomic mass is 10.1. The minimum absolute atomic E-state index is 0.0250. The first-order chi connectivity index (χ1) is 13.0. The summed E-state index contributed by atoms with van der Waals surface area (Å²) >= 11 is 3.38. The number of carbonyl (C=O) groups excluding carboxylic acids is 2. The van der Waals surface area contributed by atoms with E-state index >= 15 is 0 Å². The van der Waals surface area contributed by atoms with Crippen LogP contribution in [0.3, 0.4) is 0 Å². The van der Waals surface area contributed by atoms with E-state index in [0.29, 0.717) is 16.8 Å². The Hall–Kier alpha value is -2.34. The summed E-state index contributed by atoms with van der Waals surface area (Å²) in [6, 6.07) is 12.7. The van der Waals surface area contributed by atoms with Crippen molar-refractivity contribution in [2.75, 3.05) is 37.4 Å². The number of amides is 2. The second-order valence-corrected chi connectivity index (χ2v) is 7.86. The van der Waals surface area contributed by atoms with E-state index in [1.54, 1.807) is 18.2 Å². The number of anilines is 2. The van der Waals surface area contributed by atoms with E-state index in [9.17, 15) is 9.59 Å². The largest absolute Gasteiger partial charge is 0.377 e. The van der Waals surface area contributed by atoms with Crippen molar-refractivity contribution >= 4 is 39.1 Å². The number of halogens is 1. The van der Waals surface area contributed by atoms with Gasteiger partial charge in [-0.1, -0.05) is 22.0 Å². The van der Waals surface area contributed by atoms with Crippen molar-refractivity contribution in [3.05, 3.63) is 58.1 Å². The molecule has 0 aliphatic carbocycles. The summed E-state index contributed by atoms with van der Waals surface area (Å²) in [5.41, 5.74) is 2.65. The van der Waals surface area contributed by atoms with Gasteiger partial charge in [0.25, 0.3) is 11.8 Å². The maximum atomic E-state index is 13.1. The predicted molar refractivity (Wildman–Crippen MR) is 113 cm³/mol. The van der Waals surface area contributed by atoms with Gasteiger partial charge < -0.3 is 15.1 Å². The first-order valence-electron chi connectivity index (χ1n) is 9.13. The van der Waals surface area contributed by atoms with E-state index in [2.05, 4.69) is 21.2 Å². The molecule has 1 aliphatic heterocycles. The molecule has 0 atom stereocenters. The minimum Gasteiger partial charge on any atom is -0.377 e. The zero-order chi connectivity index (χ0) is 19.4. The van der Waals surface area contributed by atoms with Crippen LogP contribution in [0.1, 0.15) is 40.0 Å². The van der Waals surface area contributed by atoms with Gasteiger partial charge in [0.1, 0.15) is 0 Å². The van der Waals surface area contributed by atoms with Crippen molar-refractivity contribution in [1.82, 2.24) is 4.90 Å². The van der Waals surface area contributed by atoms with Crippen LogP contribution in [0, 0.1) is 0 Å². The van der Waals surface area contributed by atoms with Crippen molar-refractivity contribution in [1.29, 1.82) is 0 Å². The highest BCUT2D eigenvalue weighted by Crippen LogP contribution is 2.26. The molecule has 1 fully saturated rings. The second-order valence-electron chi connectivity index (χ2n) is 6.94. The molecule has 0 aromatic heterocycles. The Labute approximate surface area is 168 Å². The number of nitrogens with zero attached hydrogens (tertiary/aromatic N) is 2. The Bertz CT molecular complexity index is 845. The van der Waals surface area contributed by atoms with Gasteiger partial charge in [0.15, 0.2) is 0 Å². The fourth-order valence-corrected chi connectivity index (χ4v) is 3.67. The molecule has 1 heterocycles. The van der Waals surface area contributed by atoms with E-state index < -0.39 is 0 Å². The van der Waals surface area contributed by atoms with Gasteiger partial charge in [-0.2, -0.15) is 0 Å². The zero-order valence-corrected chi connectivity index (χ0v) is 17.3. The van der Waals surface area contributed by atoms with Gasteiger partial charge >= 0.3 is 0 Å². The molecule has 27 heavy (non-hydrogen) atoms. The Morgan fingerprint density at radius 3 is 2.44 bits per heavy atom. The molecule has 2 aromatic carbocycles. The number of rotatable bonds is 4. The first-order valence-corrected chi connectivity index (χ1v) is 9.92. The van der Waals surface area contributed by atoms with E-state index in [1.807, 2.05) is 48.2 Å². The minimum atomic E-state index is -0.203. The predicted octanol–water partition coefficient (Wildman–Crippen LogP) is 4.39. The van der Waals surface area contributed by atoms with Crippen molar-refractivity contribution in [3.8, 4) is 0 Å². The summed E-state index contributed by atoms with van der Waals surface area (Å²) in [6.45, 7) is 1.58. The SMILES string of the molecule is CN(C)c1ccc(NC(=O)c2cccc(Br)c2)cc1C(=O)N1CCCCC1. The van der Waals surface area contributed by atoms with Crippen LogP contribution in [-0.4, -0.2) is 43.9 Å². The Kier molecular flexibility index (Phi) is 6.16. The molecule has 0 bridgehead atoms. The molecule has 1 N–H and O–H groups in total. The Morgan fingerprint density at radius 1 is 1.04 bits per heavy atom. The fraction of sp³-hybridized carbons (Fsp3) is 0.333. The lowest BCUT2D eigenvalue weighted by molar-refractivity contribution is 0.0724. The average Bonchev–Trinajstić information content (AvgIpc) is 2.68. The molecular weight excluding hydrogens is 406 g/mol. The molecule has 0 unspecified atom stereocenters. The van der Waals surface area contributed by atoms with Crippen LogP contribution in [0.2, 0.25) is 0 Å². The number of hydrogen-bond donors (Lipinski definition) is 1. The van der Waals surface area contributed by atoms with Crippen LogP contribution >= 0.6 is 15.9 Å². The fourth-order valence-electron chi connectivity index (χ4n) is 3.28. The van der Waals surface area contributed by atoms with Crippen LogP contribution in [0.5, 0.6) is 0 Å². The molecule has 142 valence electrons. The standard InChI is InChI=1S/C21H24BrN3O2/c1-24(2)19-10-9-17(23-20(26)15-7-6-8-16(22)13-15)14-18(19)21(27)25-11-4-3-5-12-25/h6-10,13-14H,3-5,11-12H2,1-2H3,(H,23,26). The lowest BCUT2D eigenvalue weighted by Gasteiger charge is -2.28. The molecule has 0 radical (unpaired) electrons. The molecule has 2 aromatic rings. The summed E-state index contributed by atoms with van der Waals surface area (Å²) in [5, 5.41) is 2.90. The molecule has 5 nitrogen and oxygen atoms in total. The van der Waals surface area contributed by atoms with E-state index in [0.717, 1.165) is 36.1 Å². The van der Waals surface area contributed by atoms with Gasteiger partial charge in [-0.15, -0.1) is 0 Å². The first kappa shape index (κ1) is 19.4. The number of likely N-dealkylation sites (tertiary alicyclic amines) is 1. The van der Waals surface area contributed by atoms with Crippen molar-refractivity contribution < 1.29 is 9.59 Å². The molecule has 1 aliphatic rings. The summed E-state index contributed by atoms with van der Waals surface area (Å²) in [6.07, 6.45) is 3.26. The molecule has 3 rings (SSSR count). The second kappa shape index (κ2) is 8.57. The van der Waals surface area contributed by atoms with Crippen LogP contribution in [-0.2, 0) is 0 Å². The van der Waals surface area contributed by atoms with E-state index in [-0.39, 0.29) is 11.8 Å². The number of piperidine rings is 1. The van der Waals surface area contributed by atoms with Crippen LogP contribution in [0.25, 0.3) is 0 Å². The highest BCUT2D eigenvalue weighted by atomic mass is 79.9. The van der Waals surface area contributed by atoms with Crippen molar-refractivity contribution in [2.45, 2.75) is 19.3 Å². The lowest BCUT2D eigenvalue weighted by Crippen LogP contribution is -2.36. The van der Waals surface area contributed by atoms with Gasteiger partial charge in [0, 0.05) is 48.6 Å². The van der Waals surface area contributed by atoms with Crippen LogP contribution < -0.4 is 10.2 Å². The average molecular weight is 430 g/mol. The van der Waals surface area contributed by atoms with Gasteiger partial charge in [0.2, 0.25) is 0 Å². The number of hydrogen-bond acceptors (Lipinski definition) is 3. The number of benzene rings is 2. The van der Waals surface area contributed by atoms with Gasteiger partial charge in [0.05, 0.1) is 5.56 Å². The Balaban J connectivity index is 1.86. The molecule has 2 amide bonds. The highest BCUT2D eigenvalue weighted by molar-refractivity contribution is 9.10. The Morgan fingerprint density at radius 2 is 1.78 bits per heavy atom. The summed E-state index contributed by atoms with van der Waals surface area (Å²) in [4.78, 5) is 29.4. The van der Waals surface area contributed by atoms with Crippen molar-refractivity contribution in [3.63, 3.8) is 0 Å². The topological polar surface area (TPSA) is 52.7 Å². The maximum absolute atomic E-state index is 13.1. The maximum Gasteiger partial charge on any atom is 0.256 e. The van der Waals surface area contributed by atoms with Crippen LogP contribution in [0.4, 0.5) is 11.4 Å². The van der Waals surface area contributed by atoms with Crippen molar-refractivity contribution in [2.24, 2.45) is 0 Å². The molecule has 0 spiro atoms. The molecular formula is C21H24BrN3O2. The summed E-state index contributed by atoms with van der Waals surface area (Å²) in [5.74, 6) is -0.178. The highest BCUT2D eigenvalue weighted by Gasteiger charge is 2.22. The number of carbonyl (C=O) groups is 2. The van der Waals surface area contributed by atoms with Gasteiger partial charge in [-0.25, -0.2) is 0 Å². The third-order valence-electron chi connectivity index (χ3n) is 4.70. The van der Waals surface area contributed by atoms with Gasteiger partial charge in [-0.05, 0) is 55.7 Å². The third-order valence-corrected chi connectivity index (χ3v) is 5.19. The van der Waals surface area contributed by atoms with E-state index in [1.165, 1.54) is 6.42 Å². The molecule has 1 saturated heterocycles. The van der Waals surface area contributed by atoms with Gasteiger partial charge in [-0.3, -0.25) is 9.59 Å². The van der Waals surface area contributed by atoms with E-state index in [4.69, 9.17) is 0 Å². The normalized spacial score (nSPS) is 14.0. The summed E-state index contributed by atoms with van der Waals surface area (Å²) < 4.78 is 0.846. The monoisotopic (exact) mass is 429 g/mol. The molecule has 6 heteroatoms. The van der Waals surface area contributed by atoms with Crippen LogP contribution in [0.15, 0.2) is 46.9 Å². The third kappa shape index (κ3) is 4.69. The number of nitrogens with one attached hydrogen (secondary N) is 1. The zero-order valence-electron chi connectivity index (χ0n) is 15.7. The molecule has 0 saturated carbocycles. The summed E-state index contributed by atoms with van der Waals surface area (Å²) in [7, 11) is 3.84. The quantitative estimate of drug-likeness (QED) is 0.783. The smallest absolute Gasteiger partial charge is 0.256 e.